The molecule has 3 aromatic carbocycles. The first-order valence-electron chi connectivity index (χ1n) is 17.2. The van der Waals surface area contributed by atoms with Crippen LogP contribution in [-0.4, -0.2) is 119 Å². The molecule has 2 saturated heterocycles. The van der Waals surface area contributed by atoms with E-state index in [4.69, 9.17) is 28.0 Å². The molecule has 5 rings (SSSR count). The van der Waals surface area contributed by atoms with Gasteiger partial charge in [0.25, 0.3) is 5.91 Å². The van der Waals surface area contributed by atoms with E-state index in [0.717, 1.165) is 50.0 Å². The number of aliphatic carboxylic acids is 1. The number of urea groups is 1. The summed E-state index contributed by atoms with van der Waals surface area (Å²) in [4.78, 5) is 52.0. The molecule has 0 saturated carbocycles. The van der Waals surface area contributed by atoms with Crippen molar-refractivity contribution in [3.8, 4) is 5.75 Å². The average molecular weight is 739 g/mol. The molecule has 0 aromatic heterocycles. The maximum Gasteiger partial charge on any atom is 0.326 e. The van der Waals surface area contributed by atoms with Crippen LogP contribution >= 0.6 is 23.2 Å². The molecule has 13 heteroatoms. The Balaban J connectivity index is 1.21. The molecule has 3 amide bonds. The van der Waals surface area contributed by atoms with Crippen molar-refractivity contribution in [2.24, 2.45) is 5.16 Å². The number of hydrogen-bond acceptors (Lipinski definition) is 7. The van der Waals surface area contributed by atoms with Crippen LogP contribution < -0.4 is 0 Å². The molecule has 2 aliphatic heterocycles. The standard InChI is InChI=1S/C38H45Cl2N5O6/c1-42(36(47)28-22-29(39)24-30(40)23-28)25-34(41-51-2)33(27-7-4-3-5-8-27)15-20-43-18-13-31(14-19-43)44-16-6-17-45(38(44)50)35(37(48)49)21-26-9-11-32(46)12-10-26/h3-5,7-12,22-24,31,33,35,46H,6,13-21,25H2,1-2H3,(H,48,49)/b41-34+/t33?,35-/m1/s1. The number of halogens is 2. The van der Waals surface area contributed by atoms with Gasteiger partial charge in [-0.1, -0.05) is 70.8 Å². The number of likely N-dealkylation sites (tertiary alicyclic amines) is 1. The third-order valence-electron chi connectivity index (χ3n) is 9.72. The number of oxime groups is 1. The second kappa shape index (κ2) is 17.7. The van der Waals surface area contributed by atoms with Crippen LogP contribution in [0.25, 0.3) is 0 Å². The highest BCUT2D eigenvalue weighted by molar-refractivity contribution is 6.35. The molecule has 0 bridgehead atoms. The van der Waals surface area contributed by atoms with Crippen molar-refractivity contribution in [2.45, 2.75) is 50.1 Å². The average Bonchev–Trinajstić information content (AvgIpc) is 3.11. The van der Waals surface area contributed by atoms with Crippen LogP contribution in [0.2, 0.25) is 10.0 Å². The van der Waals surface area contributed by atoms with Crippen molar-refractivity contribution >= 4 is 46.8 Å². The lowest BCUT2D eigenvalue weighted by Gasteiger charge is -2.45. The lowest BCUT2D eigenvalue weighted by molar-refractivity contribution is -0.142. The molecule has 11 nitrogen and oxygen atoms in total. The summed E-state index contributed by atoms with van der Waals surface area (Å²) in [5, 5.41) is 24.9. The number of carboxylic acids is 1. The summed E-state index contributed by atoms with van der Waals surface area (Å²) in [5.74, 6) is -1.29. The number of piperidine rings is 1. The van der Waals surface area contributed by atoms with Crippen LogP contribution in [0, 0.1) is 0 Å². The van der Waals surface area contributed by atoms with Gasteiger partial charge in [0.05, 0.1) is 12.3 Å². The Morgan fingerprint density at radius 1 is 0.980 bits per heavy atom. The van der Waals surface area contributed by atoms with Crippen LogP contribution in [0.4, 0.5) is 4.79 Å². The number of nitrogens with zero attached hydrogens (tertiary/aromatic N) is 5. The fourth-order valence-corrected chi connectivity index (χ4v) is 7.62. The minimum atomic E-state index is -1.04. The number of phenolic OH excluding ortho intramolecular Hbond substituents is 1. The van der Waals surface area contributed by atoms with Crippen molar-refractivity contribution in [3.05, 3.63) is 99.5 Å². The first kappa shape index (κ1) is 37.9. The van der Waals surface area contributed by atoms with Crippen LogP contribution in [-0.2, 0) is 16.1 Å². The van der Waals surface area contributed by atoms with E-state index in [0.29, 0.717) is 40.8 Å². The van der Waals surface area contributed by atoms with E-state index in [9.17, 15) is 24.6 Å². The molecule has 272 valence electrons. The van der Waals surface area contributed by atoms with E-state index in [1.165, 1.54) is 24.1 Å². The van der Waals surface area contributed by atoms with Gasteiger partial charge >= 0.3 is 12.0 Å². The number of phenols is 1. The molecule has 1 unspecified atom stereocenters. The normalized spacial score (nSPS) is 17.3. The molecule has 0 aliphatic carbocycles. The van der Waals surface area contributed by atoms with Crippen LogP contribution in [0.15, 0.2) is 78.0 Å². The number of carbonyl (C=O) groups is 3. The Morgan fingerprint density at radius 3 is 2.27 bits per heavy atom. The molecule has 2 aliphatic rings. The Kier molecular flexibility index (Phi) is 13.2. The van der Waals surface area contributed by atoms with Gasteiger partial charge in [-0.2, -0.15) is 0 Å². The van der Waals surface area contributed by atoms with Gasteiger partial charge in [0, 0.05) is 67.2 Å². The van der Waals surface area contributed by atoms with Crippen LogP contribution in [0.3, 0.4) is 0 Å². The predicted molar refractivity (Wildman–Crippen MR) is 198 cm³/mol. The second-order valence-corrected chi connectivity index (χ2v) is 14.0. The van der Waals surface area contributed by atoms with Crippen LogP contribution in [0.1, 0.15) is 53.1 Å². The van der Waals surface area contributed by atoms with Crippen molar-refractivity contribution in [2.75, 3.05) is 53.4 Å². The summed E-state index contributed by atoms with van der Waals surface area (Å²) in [6, 6.07) is 20.1. The Hall–Kier alpha value is -4.32. The van der Waals surface area contributed by atoms with Crippen molar-refractivity contribution in [3.63, 3.8) is 0 Å². The topological polar surface area (TPSA) is 126 Å². The minimum Gasteiger partial charge on any atom is -0.508 e. The first-order valence-corrected chi connectivity index (χ1v) is 18.0. The summed E-state index contributed by atoms with van der Waals surface area (Å²) < 4.78 is 0. The predicted octanol–water partition coefficient (Wildman–Crippen LogP) is 6.24. The van der Waals surface area contributed by atoms with Gasteiger partial charge in [0.15, 0.2) is 0 Å². The quantitative estimate of drug-likeness (QED) is 0.148. The van der Waals surface area contributed by atoms with Crippen molar-refractivity contribution in [1.29, 1.82) is 0 Å². The SMILES string of the molecule is CO/N=C(\CN(C)C(=O)c1cc(Cl)cc(Cl)c1)C(CCN1CCC(N2CCCN([C@H](Cc3ccc(O)cc3)C(=O)O)C2=O)CC1)c1ccccc1. The maximum absolute atomic E-state index is 13.7. The van der Waals surface area contributed by atoms with Gasteiger partial charge in [-0.05, 0) is 73.7 Å². The number of benzene rings is 3. The molecule has 2 fully saturated rings. The fraction of sp³-hybridized carbons (Fsp3) is 0.421. The molecule has 0 spiro atoms. The first-order chi connectivity index (χ1) is 24.5. The fourth-order valence-electron chi connectivity index (χ4n) is 7.09. The minimum absolute atomic E-state index is 0.0230. The number of carbonyl (C=O) groups excluding carboxylic acids is 2. The van der Waals surface area contributed by atoms with Gasteiger partial charge in [-0.15, -0.1) is 0 Å². The number of aromatic hydroxyl groups is 1. The van der Waals surface area contributed by atoms with E-state index in [1.807, 2.05) is 23.1 Å². The zero-order chi connectivity index (χ0) is 36.5. The smallest absolute Gasteiger partial charge is 0.326 e. The Bertz CT molecular complexity index is 1660. The summed E-state index contributed by atoms with van der Waals surface area (Å²) in [6.45, 7) is 3.57. The van der Waals surface area contributed by atoms with Crippen LogP contribution in [0.5, 0.6) is 5.75 Å². The Morgan fingerprint density at radius 2 is 1.65 bits per heavy atom. The highest BCUT2D eigenvalue weighted by atomic mass is 35.5. The lowest BCUT2D eigenvalue weighted by Crippen LogP contribution is -2.59. The molecule has 51 heavy (non-hydrogen) atoms. The molecular weight excluding hydrogens is 693 g/mol. The molecule has 2 heterocycles. The van der Waals surface area contributed by atoms with Gasteiger partial charge in [0.2, 0.25) is 0 Å². The third-order valence-corrected chi connectivity index (χ3v) is 10.2. The van der Waals surface area contributed by atoms with E-state index in [1.54, 1.807) is 42.3 Å². The molecule has 0 radical (unpaired) electrons. The van der Waals surface area contributed by atoms with E-state index >= 15 is 0 Å². The van der Waals surface area contributed by atoms with E-state index < -0.39 is 12.0 Å². The summed E-state index contributed by atoms with van der Waals surface area (Å²) in [7, 11) is 3.21. The van der Waals surface area contributed by atoms with E-state index in [2.05, 4.69) is 22.2 Å². The van der Waals surface area contributed by atoms with Gasteiger partial charge in [-0.3, -0.25) is 4.79 Å². The van der Waals surface area contributed by atoms with Gasteiger partial charge in [0.1, 0.15) is 18.9 Å². The van der Waals surface area contributed by atoms with Gasteiger partial charge < -0.3 is 34.7 Å². The lowest BCUT2D eigenvalue weighted by atomic mass is 9.89. The zero-order valence-corrected chi connectivity index (χ0v) is 30.5. The number of amides is 3. The number of carboxylic acid groups (broad SMARTS) is 1. The largest absolute Gasteiger partial charge is 0.508 e. The monoisotopic (exact) mass is 737 g/mol. The van der Waals surface area contributed by atoms with Crippen molar-refractivity contribution in [1.82, 2.24) is 19.6 Å². The number of rotatable bonds is 14. The summed E-state index contributed by atoms with van der Waals surface area (Å²) in [5.41, 5.74) is 2.91. The third kappa shape index (κ3) is 9.93. The Labute approximate surface area is 309 Å². The zero-order valence-electron chi connectivity index (χ0n) is 29.0. The molecular formula is C38H45Cl2N5O6. The van der Waals surface area contributed by atoms with E-state index in [-0.39, 0.29) is 42.6 Å². The summed E-state index contributed by atoms with van der Waals surface area (Å²) >= 11 is 12.3. The molecule has 2 N–H and O–H groups in total. The van der Waals surface area contributed by atoms with Crippen molar-refractivity contribution < 1.29 is 29.4 Å². The van der Waals surface area contributed by atoms with Gasteiger partial charge in [-0.25, -0.2) is 9.59 Å². The second-order valence-electron chi connectivity index (χ2n) is 13.2. The molecule has 3 aromatic rings. The molecule has 2 atom stereocenters. The highest BCUT2D eigenvalue weighted by Crippen LogP contribution is 2.28. The highest BCUT2D eigenvalue weighted by Gasteiger charge is 2.39. The number of hydrogen-bond donors (Lipinski definition) is 2. The summed E-state index contributed by atoms with van der Waals surface area (Å²) in [6.07, 6.45) is 3.17. The maximum atomic E-state index is 13.7.